The molecule has 112 valence electrons. The Hall–Kier alpha value is -1.58. The largest absolute Gasteiger partial charge is 0.477 e. The molecule has 0 aliphatic heterocycles. The summed E-state index contributed by atoms with van der Waals surface area (Å²) >= 11 is 0. The van der Waals surface area contributed by atoms with Gasteiger partial charge in [0.2, 0.25) is 0 Å². The normalized spacial score (nSPS) is 10.8. The first-order chi connectivity index (χ1) is 9.49. The highest BCUT2D eigenvalue weighted by Gasteiger charge is 2.16. The summed E-state index contributed by atoms with van der Waals surface area (Å²) in [7, 11) is 0. The summed E-state index contributed by atoms with van der Waals surface area (Å²) in [5.74, 6) is -1.14. The van der Waals surface area contributed by atoms with E-state index in [1.165, 1.54) is 25.7 Å². The van der Waals surface area contributed by atoms with Crippen molar-refractivity contribution in [2.75, 3.05) is 0 Å². The van der Waals surface area contributed by atoms with Crippen LogP contribution in [0.25, 0.3) is 0 Å². The number of carboxylic acids is 1. The SMILES string of the molecule is CCCCCCCCn1c(C)cc(C)c(C(=O)O)c1=O. The van der Waals surface area contributed by atoms with Crippen molar-refractivity contribution in [2.24, 2.45) is 0 Å². The Bertz CT molecular complexity index is 517. The van der Waals surface area contributed by atoms with Crippen LogP contribution in [0.1, 0.15) is 67.1 Å². The molecule has 0 amide bonds. The van der Waals surface area contributed by atoms with Gasteiger partial charge in [0.15, 0.2) is 0 Å². The highest BCUT2D eigenvalue weighted by atomic mass is 16.4. The molecule has 0 aromatic carbocycles. The molecular weight excluding hydrogens is 254 g/mol. The van der Waals surface area contributed by atoms with E-state index in [2.05, 4.69) is 6.92 Å². The van der Waals surface area contributed by atoms with Gasteiger partial charge < -0.3 is 9.67 Å². The topological polar surface area (TPSA) is 59.3 Å². The molecule has 0 bridgehead atoms. The molecule has 0 aliphatic rings. The van der Waals surface area contributed by atoms with Gasteiger partial charge in [0, 0.05) is 12.2 Å². The van der Waals surface area contributed by atoms with Gasteiger partial charge in [-0.25, -0.2) is 4.79 Å². The zero-order chi connectivity index (χ0) is 15.1. The van der Waals surface area contributed by atoms with Crippen LogP contribution in [0.5, 0.6) is 0 Å². The molecule has 1 aromatic rings. The van der Waals surface area contributed by atoms with Gasteiger partial charge in [-0.15, -0.1) is 0 Å². The molecule has 0 fully saturated rings. The predicted octanol–water partition coefficient (Wildman–Crippen LogP) is 3.52. The van der Waals surface area contributed by atoms with Crippen LogP contribution >= 0.6 is 0 Å². The highest BCUT2D eigenvalue weighted by molar-refractivity contribution is 5.88. The monoisotopic (exact) mass is 279 g/mol. The van der Waals surface area contributed by atoms with Crippen molar-refractivity contribution >= 4 is 5.97 Å². The molecule has 0 saturated carbocycles. The molecule has 1 aromatic heterocycles. The Morgan fingerprint density at radius 1 is 1.15 bits per heavy atom. The number of aryl methyl sites for hydroxylation is 2. The van der Waals surface area contributed by atoms with E-state index in [0.717, 1.165) is 18.5 Å². The third-order valence-corrected chi connectivity index (χ3v) is 3.65. The predicted molar refractivity (Wildman–Crippen MR) is 80.5 cm³/mol. The third kappa shape index (κ3) is 4.22. The van der Waals surface area contributed by atoms with Crippen molar-refractivity contribution < 1.29 is 9.90 Å². The lowest BCUT2D eigenvalue weighted by atomic mass is 10.1. The Morgan fingerprint density at radius 3 is 2.35 bits per heavy atom. The summed E-state index contributed by atoms with van der Waals surface area (Å²) in [6, 6.07) is 1.78. The molecule has 1 heterocycles. The van der Waals surface area contributed by atoms with Gasteiger partial charge in [-0.3, -0.25) is 4.79 Å². The molecule has 1 N–H and O–H groups in total. The molecule has 0 spiro atoms. The fourth-order valence-electron chi connectivity index (χ4n) is 2.52. The summed E-state index contributed by atoms with van der Waals surface area (Å²) in [5.41, 5.74) is 0.912. The molecular formula is C16H25NO3. The number of aromatic carboxylic acids is 1. The van der Waals surface area contributed by atoms with E-state index in [9.17, 15) is 9.59 Å². The minimum absolute atomic E-state index is 0.0958. The van der Waals surface area contributed by atoms with Crippen LogP contribution in [-0.4, -0.2) is 15.6 Å². The summed E-state index contributed by atoms with van der Waals surface area (Å²) in [6.45, 7) is 6.32. The highest BCUT2D eigenvalue weighted by Crippen LogP contribution is 2.09. The second-order valence-corrected chi connectivity index (χ2v) is 5.37. The molecule has 0 radical (unpaired) electrons. The number of rotatable bonds is 8. The van der Waals surface area contributed by atoms with E-state index in [-0.39, 0.29) is 11.1 Å². The summed E-state index contributed by atoms with van der Waals surface area (Å²) in [4.78, 5) is 23.3. The van der Waals surface area contributed by atoms with E-state index in [4.69, 9.17) is 5.11 Å². The number of carboxylic acid groups (broad SMARTS) is 1. The Labute approximate surface area is 120 Å². The van der Waals surface area contributed by atoms with Crippen LogP contribution in [0.4, 0.5) is 0 Å². The first-order valence-electron chi connectivity index (χ1n) is 7.43. The molecule has 4 nitrogen and oxygen atoms in total. The molecule has 20 heavy (non-hydrogen) atoms. The van der Waals surface area contributed by atoms with E-state index >= 15 is 0 Å². The van der Waals surface area contributed by atoms with Crippen molar-refractivity contribution in [1.82, 2.24) is 4.57 Å². The number of unbranched alkanes of at least 4 members (excludes halogenated alkanes) is 5. The van der Waals surface area contributed by atoms with Crippen LogP contribution in [0.2, 0.25) is 0 Å². The lowest BCUT2D eigenvalue weighted by Gasteiger charge is -2.12. The minimum Gasteiger partial charge on any atom is -0.477 e. The Kier molecular flexibility index (Phi) is 6.49. The average Bonchev–Trinajstić information content (AvgIpc) is 2.35. The van der Waals surface area contributed by atoms with E-state index < -0.39 is 5.97 Å². The number of hydrogen-bond acceptors (Lipinski definition) is 2. The quantitative estimate of drug-likeness (QED) is 0.741. The second kappa shape index (κ2) is 7.88. The number of pyridine rings is 1. The van der Waals surface area contributed by atoms with Crippen LogP contribution < -0.4 is 5.56 Å². The Balaban J connectivity index is 2.73. The van der Waals surface area contributed by atoms with Crippen LogP contribution in [0, 0.1) is 13.8 Å². The maximum atomic E-state index is 12.2. The lowest BCUT2D eigenvalue weighted by Crippen LogP contribution is -2.29. The average molecular weight is 279 g/mol. The standard InChI is InChI=1S/C16H25NO3/c1-4-5-6-7-8-9-10-17-13(3)11-12(2)14(15(17)18)16(19)20/h11H,4-10H2,1-3H3,(H,19,20). The number of nitrogens with zero attached hydrogens (tertiary/aromatic N) is 1. The summed E-state index contributed by atoms with van der Waals surface area (Å²) < 4.78 is 1.59. The summed E-state index contributed by atoms with van der Waals surface area (Å²) in [6.07, 6.45) is 6.90. The van der Waals surface area contributed by atoms with Crippen molar-refractivity contribution in [1.29, 1.82) is 0 Å². The zero-order valence-electron chi connectivity index (χ0n) is 12.7. The van der Waals surface area contributed by atoms with Gasteiger partial charge in [0.05, 0.1) is 0 Å². The molecule has 0 atom stereocenters. The van der Waals surface area contributed by atoms with Crippen molar-refractivity contribution in [2.45, 2.75) is 65.8 Å². The summed E-state index contributed by atoms with van der Waals surface area (Å²) in [5, 5.41) is 9.12. The van der Waals surface area contributed by atoms with Crippen molar-refractivity contribution in [3.63, 3.8) is 0 Å². The van der Waals surface area contributed by atoms with Crippen LogP contribution in [0.3, 0.4) is 0 Å². The Morgan fingerprint density at radius 2 is 1.75 bits per heavy atom. The van der Waals surface area contributed by atoms with Gasteiger partial charge in [0.1, 0.15) is 5.56 Å². The first-order valence-corrected chi connectivity index (χ1v) is 7.43. The zero-order valence-corrected chi connectivity index (χ0v) is 12.7. The van der Waals surface area contributed by atoms with E-state index in [1.54, 1.807) is 17.6 Å². The van der Waals surface area contributed by atoms with Gasteiger partial charge in [0.25, 0.3) is 5.56 Å². The maximum Gasteiger partial charge on any atom is 0.341 e. The molecule has 4 heteroatoms. The van der Waals surface area contributed by atoms with Gasteiger partial charge >= 0.3 is 5.97 Å². The molecule has 0 aliphatic carbocycles. The van der Waals surface area contributed by atoms with E-state index in [1.807, 2.05) is 6.92 Å². The molecule has 0 unspecified atom stereocenters. The number of carbonyl (C=O) groups is 1. The number of hydrogen-bond donors (Lipinski definition) is 1. The molecule has 1 rings (SSSR count). The fraction of sp³-hybridized carbons (Fsp3) is 0.625. The molecule has 0 saturated heterocycles. The lowest BCUT2D eigenvalue weighted by molar-refractivity contribution is 0.0693. The van der Waals surface area contributed by atoms with Crippen molar-refractivity contribution in [3.05, 3.63) is 33.2 Å². The van der Waals surface area contributed by atoms with Crippen molar-refractivity contribution in [3.8, 4) is 0 Å². The van der Waals surface area contributed by atoms with Gasteiger partial charge in [-0.2, -0.15) is 0 Å². The number of aromatic nitrogens is 1. The maximum absolute atomic E-state index is 12.2. The van der Waals surface area contributed by atoms with Gasteiger partial charge in [-0.05, 0) is 31.9 Å². The van der Waals surface area contributed by atoms with Crippen LogP contribution in [-0.2, 0) is 6.54 Å². The fourth-order valence-corrected chi connectivity index (χ4v) is 2.52. The van der Waals surface area contributed by atoms with Crippen LogP contribution in [0.15, 0.2) is 10.9 Å². The van der Waals surface area contributed by atoms with Gasteiger partial charge in [-0.1, -0.05) is 39.0 Å². The smallest absolute Gasteiger partial charge is 0.341 e. The first kappa shape index (κ1) is 16.5. The van der Waals surface area contributed by atoms with E-state index in [0.29, 0.717) is 12.1 Å². The minimum atomic E-state index is -1.14. The third-order valence-electron chi connectivity index (χ3n) is 3.65. The second-order valence-electron chi connectivity index (χ2n) is 5.37.